The summed E-state index contributed by atoms with van der Waals surface area (Å²) in [7, 11) is 0. The Morgan fingerprint density at radius 2 is 1.80 bits per heavy atom. The Balaban J connectivity index is 1.70. The molecular weight excluding hydrogens is 188 g/mol. The fourth-order valence-corrected chi connectivity index (χ4v) is 3.05. The molecule has 0 spiro atoms. The van der Waals surface area contributed by atoms with Crippen molar-refractivity contribution in [1.29, 1.82) is 0 Å². The van der Waals surface area contributed by atoms with Crippen molar-refractivity contribution in [1.82, 2.24) is 10.2 Å². The largest absolute Gasteiger partial charge is 0.354 e. The van der Waals surface area contributed by atoms with Crippen molar-refractivity contribution >= 4 is 0 Å². The zero-order chi connectivity index (χ0) is 10.7. The number of fused-ring (bicyclic) bond motifs is 1. The summed E-state index contributed by atoms with van der Waals surface area (Å²) in [5, 5.41) is 3.41. The van der Waals surface area contributed by atoms with Gasteiger partial charge in [-0.3, -0.25) is 4.90 Å². The lowest BCUT2D eigenvalue weighted by Gasteiger charge is -2.42. The third kappa shape index (κ3) is 1.52. The van der Waals surface area contributed by atoms with E-state index in [2.05, 4.69) is 31.0 Å². The summed E-state index contributed by atoms with van der Waals surface area (Å²) in [4.78, 5) is 2.58. The fraction of sp³-hybridized carbons (Fsp3) is 1.00. The first-order chi connectivity index (χ1) is 7.04. The number of hydrogen-bond donors (Lipinski definition) is 1. The quantitative estimate of drug-likeness (QED) is 0.737. The molecule has 86 valence electrons. The monoisotopic (exact) mass is 210 g/mol. The molecule has 1 N–H and O–H groups in total. The first-order valence-electron chi connectivity index (χ1n) is 6.20. The van der Waals surface area contributed by atoms with Crippen molar-refractivity contribution in [2.24, 2.45) is 11.8 Å². The van der Waals surface area contributed by atoms with E-state index in [1.54, 1.807) is 0 Å². The van der Waals surface area contributed by atoms with E-state index in [0.29, 0.717) is 0 Å². The van der Waals surface area contributed by atoms with Crippen LogP contribution < -0.4 is 5.32 Å². The summed E-state index contributed by atoms with van der Waals surface area (Å²) < 4.78 is 6.34. The molecule has 2 aliphatic carbocycles. The topological polar surface area (TPSA) is 24.5 Å². The summed E-state index contributed by atoms with van der Waals surface area (Å²) in [6, 6.07) is 0. The zero-order valence-electron chi connectivity index (χ0n) is 10.0. The maximum atomic E-state index is 6.34. The van der Waals surface area contributed by atoms with Crippen molar-refractivity contribution in [2.75, 3.05) is 26.2 Å². The first-order valence-corrected chi connectivity index (χ1v) is 6.20. The maximum Gasteiger partial charge on any atom is 0.129 e. The van der Waals surface area contributed by atoms with Crippen molar-refractivity contribution < 1.29 is 4.74 Å². The molecule has 0 amide bonds. The second-order valence-corrected chi connectivity index (χ2v) is 6.15. The van der Waals surface area contributed by atoms with E-state index in [0.717, 1.165) is 38.0 Å². The molecule has 2 atom stereocenters. The maximum absolute atomic E-state index is 6.34. The number of piperazine rings is 1. The Morgan fingerprint density at radius 3 is 2.20 bits per heavy atom. The van der Waals surface area contributed by atoms with Gasteiger partial charge < -0.3 is 10.1 Å². The van der Waals surface area contributed by atoms with Gasteiger partial charge in [0.2, 0.25) is 0 Å². The van der Waals surface area contributed by atoms with Gasteiger partial charge in [-0.15, -0.1) is 0 Å². The van der Waals surface area contributed by atoms with Crippen LogP contribution in [0.4, 0.5) is 0 Å². The van der Waals surface area contributed by atoms with Gasteiger partial charge >= 0.3 is 0 Å². The third-order valence-corrected chi connectivity index (χ3v) is 3.82. The van der Waals surface area contributed by atoms with Crippen LogP contribution in [0.25, 0.3) is 0 Å². The van der Waals surface area contributed by atoms with Crippen LogP contribution in [-0.2, 0) is 4.74 Å². The van der Waals surface area contributed by atoms with Gasteiger partial charge in [0.15, 0.2) is 0 Å². The summed E-state index contributed by atoms with van der Waals surface area (Å²) in [5.41, 5.74) is 0.151. The number of nitrogens with one attached hydrogen (secondary N) is 1. The van der Waals surface area contributed by atoms with Crippen LogP contribution in [0.5, 0.6) is 0 Å². The zero-order valence-corrected chi connectivity index (χ0v) is 10.0. The van der Waals surface area contributed by atoms with Gasteiger partial charge in [-0.05, 0) is 27.2 Å². The molecule has 3 fully saturated rings. The lowest BCUT2D eigenvalue weighted by molar-refractivity contribution is -0.185. The highest BCUT2D eigenvalue weighted by atomic mass is 16.6. The molecule has 0 aromatic heterocycles. The van der Waals surface area contributed by atoms with Crippen LogP contribution >= 0.6 is 0 Å². The normalized spacial score (nSPS) is 45.0. The van der Waals surface area contributed by atoms with E-state index in [9.17, 15) is 0 Å². The molecule has 2 saturated carbocycles. The van der Waals surface area contributed by atoms with Crippen molar-refractivity contribution in [2.45, 2.75) is 38.5 Å². The molecular formula is C12H22N2O. The van der Waals surface area contributed by atoms with Gasteiger partial charge in [-0.1, -0.05) is 0 Å². The third-order valence-electron chi connectivity index (χ3n) is 3.82. The highest BCUT2D eigenvalue weighted by molar-refractivity contribution is 5.26. The minimum absolute atomic E-state index is 0.00169. The van der Waals surface area contributed by atoms with E-state index < -0.39 is 0 Å². The molecule has 0 bridgehead atoms. The Hall–Kier alpha value is -0.120. The van der Waals surface area contributed by atoms with Crippen LogP contribution in [0.2, 0.25) is 0 Å². The molecule has 0 aromatic rings. The van der Waals surface area contributed by atoms with Crippen LogP contribution in [0, 0.1) is 11.8 Å². The second kappa shape index (κ2) is 2.96. The number of nitrogens with zero attached hydrogens (tertiary/aromatic N) is 1. The molecule has 3 aliphatic rings. The average Bonchev–Trinajstić information content (AvgIpc) is 3.03. The molecule has 2 unspecified atom stereocenters. The predicted octanol–water partition coefficient (Wildman–Crippen LogP) is 1.05. The van der Waals surface area contributed by atoms with E-state index in [-0.39, 0.29) is 11.3 Å². The molecule has 3 nitrogen and oxygen atoms in total. The molecule has 1 saturated heterocycles. The molecule has 3 rings (SSSR count). The molecule has 0 aromatic carbocycles. The van der Waals surface area contributed by atoms with Crippen molar-refractivity contribution in [3.63, 3.8) is 0 Å². The van der Waals surface area contributed by atoms with E-state index >= 15 is 0 Å². The van der Waals surface area contributed by atoms with E-state index in [1.807, 2.05) is 0 Å². The van der Waals surface area contributed by atoms with Crippen LogP contribution in [0.3, 0.4) is 0 Å². The van der Waals surface area contributed by atoms with Crippen molar-refractivity contribution in [3.8, 4) is 0 Å². The van der Waals surface area contributed by atoms with Gasteiger partial charge in [0.1, 0.15) is 5.72 Å². The number of ether oxygens (including phenoxy) is 1. The molecule has 15 heavy (non-hydrogen) atoms. The van der Waals surface area contributed by atoms with Gasteiger partial charge in [0.05, 0.1) is 5.60 Å². The highest BCUT2D eigenvalue weighted by Crippen LogP contribution is 2.74. The van der Waals surface area contributed by atoms with Crippen LogP contribution in [-0.4, -0.2) is 42.4 Å². The SMILES string of the molecule is CC(C)(C)OC1(N2CCNCC2)C2CC21. The summed E-state index contributed by atoms with van der Waals surface area (Å²) in [6.07, 6.45) is 1.40. The van der Waals surface area contributed by atoms with Gasteiger partial charge in [-0.2, -0.15) is 0 Å². The van der Waals surface area contributed by atoms with E-state index in [4.69, 9.17) is 4.74 Å². The molecule has 0 radical (unpaired) electrons. The lowest BCUT2D eigenvalue weighted by Crippen LogP contribution is -2.55. The smallest absolute Gasteiger partial charge is 0.129 e. The average molecular weight is 210 g/mol. The fourth-order valence-electron chi connectivity index (χ4n) is 3.05. The summed E-state index contributed by atoms with van der Waals surface area (Å²) in [6.45, 7) is 11.1. The minimum atomic E-state index is -0.00169. The van der Waals surface area contributed by atoms with Gasteiger partial charge in [-0.25, -0.2) is 0 Å². The highest BCUT2D eigenvalue weighted by Gasteiger charge is 2.81. The Kier molecular flexibility index (Phi) is 1.99. The second-order valence-electron chi connectivity index (χ2n) is 6.15. The summed E-state index contributed by atoms with van der Waals surface area (Å²) in [5.74, 6) is 1.71. The lowest BCUT2D eigenvalue weighted by atomic mass is 10.1. The molecule has 1 heterocycles. The minimum Gasteiger partial charge on any atom is -0.354 e. The predicted molar refractivity (Wildman–Crippen MR) is 59.6 cm³/mol. The summed E-state index contributed by atoms with van der Waals surface area (Å²) >= 11 is 0. The Bertz CT molecular complexity index is 257. The Labute approximate surface area is 92.2 Å². The number of hydrogen-bond acceptors (Lipinski definition) is 3. The standard InChI is InChI=1S/C12H22N2O/c1-11(2,3)15-12(9-8-10(9)12)14-6-4-13-5-7-14/h9-10,13H,4-8H2,1-3H3. The van der Waals surface area contributed by atoms with Crippen LogP contribution in [0.15, 0.2) is 0 Å². The Morgan fingerprint density at radius 1 is 1.20 bits per heavy atom. The number of rotatable bonds is 2. The first kappa shape index (κ1) is 10.1. The van der Waals surface area contributed by atoms with E-state index in [1.165, 1.54) is 6.42 Å². The van der Waals surface area contributed by atoms with Gasteiger partial charge in [0.25, 0.3) is 0 Å². The molecule has 3 heteroatoms. The molecule has 1 aliphatic heterocycles. The van der Waals surface area contributed by atoms with Crippen molar-refractivity contribution in [3.05, 3.63) is 0 Å². The van der Waals surface area contributed by atoms with Gasteiger partial charge in [0, 0.05) is 38.0 Å². The van der Waals surface area contributed by atoms with Crippen LogP contribution in [0.1, 0.15) is 27.2 Å².